The molecule has 0 saturated heterocycles. The van der Waals surface area contributed by atoms with Crippen LogP contribution in [0.4, 0.5) is 0 Å². The summed E-state index contributed by atoms with van der Waals surface area (Å²) < 4.78 is 34.8. The van der Waals surface area contributed by atoms with Gasteiger partial charge in [-0.05, 0) is 72.0 Å². The van der Waals surface area contributed by atoms with Crippen LogP contribution in [-0.4, -0.2) is 38.9 Å². The maximum Gasteiger partial charge on any atom is 0.243 e. The number of rotatable bonds is 15. The zero-order valence-electron chi connectivity index (χ0n) is 24.9. The molecule has 5 N–H and O–H groups in total. The highest BCUT2D eigenvalue weighted by Crippen LogP contribution is 2.17. The van der Waals surface area contributed by atoms with E-state index in [-0.39, 0.29) is 24.3 Å². The molecule has 2 amide bonds. The first-order valence-electron chi connectivity index (χ1n) is 14.6. The predicted octanol–water partition coefficient (Wildman–Crippen LogP) is 4.13. The van der Waals surface area contributed by atoms with E-state index in [1.807, 2.05) is 61.5 Å². The van der Waals surface area contributed by atoms with Gasteiger partial charge >= 0.3 is 0 Å². The number of nitrogens with one attached hydrogen (secondary N) is 3. The van der Waals surface area contributed by atoms with Crippen molar-refractivity contribution in [1.82, 2.24) is 15.4 Å². The van der Waals surface area contributed by atoms with Crippen LogP contribution < -0.4 is 25.8 Å². The summed E-state index contributed by atoms with van der Waals surface area (Å²) in [5.41, 5.74) is 9.05. The molecule has 0 aromatic heterocycles. The predicted molar refractivity (Wildman–Crippen MR) is 175 cm³/mol. The Kier molecular flexibility index (Phi) is 12.1. The van der Waals surface area contributed by atoms with Gasteiger partial charge in [0.25, 0.3) is 0 Å². The second kappa shape index (κ2) is 16.2. The molecule has 0 aliphatic rings. The first-order valence-corrected chi connectivity index (χ1v) is 16.4. The van der Waals surface area contributed by atoms with E-state index in [9.17, 15) is 18.0 Å². The molecule has 236 valence electrons. The fraction of sp³-hybridized carbons (Fsp3) is 0.235. The van der Waals surface area contributed by atoms with Crippen LogP contribution in [0.5, 0.6) is 5.75 Å². The maximum atomic E-state index is 13.9. The van der Waals surface area contributed by atoms with Gasteiger partial charge in [-0.25, -0.2) is 8.42 Å². The molecule has 4 aromatic rings. The summed E-state index contributed by atoms with van der Waals surface area (Å²) in [6.07, 6.45) is 0.225. The summed E-state index contributed by atoms with van der Waals surface area (Å²) in [7, 11) is -4.13. The van der Waals surface area contributed by atoms with E-state index in [2.05, 4.69) is 15.4 Å². The summed E-state index contributed by atoms with van der Waals surface area (Å²) in [6.45, 7) is 3.02. The number of halogens is 1. The largest absolute Gasteiger partial charge is 0.494 e. The van der Waals surface area contributed by atoms with Crippen molar-refractivity contribution < 1.29 is 22.7 Å². The molecule has 4 rings (SSSR count). The van der Waals surface area contributed by atoms with E-state index in [0.29, 0.717) is 29.5 Å². The van der Waals surface area contributed by atoms with Crippen LogP contribution in [0, 0.1) is 0 Å². The van der Waals surface area contributed by atoms with E-state index < -0.39 is 33.9 Å². The van der Waals surface area contributed by atoms with Gasteiger partial charge < -0.3 is 21.1 Å². The molecule has 0 saturated carbocycles. The van der Waals surface area contributed by atoms with Gasteiger partial charge in [0.05, 0.1) is 11.5 Å². The van der Waals surface area contributed by atoms with Crippen molar-refractivity contribution in [2.45, 2.75) is 49.8 Å². The molecule has 0 heterocycles. The lowest BCUT2D eigenvalue weighted by molar-refractivity contribution is -0.129. The lowest BCUT2D eigenvalue weighted by Gasteiger charge is -2.24. The number of benzene rings is 4. The lowest BCUT2D eigenvalue weighted by Crippen LogP contribution is -2.55. The summed E-state index contributed by atoms with van der Waals surface area (Å²) in [6, 6.07) is 27.3. The molecule has 1 unspecified atom stereocenters. The van der Waals surface area contributed by atoms with Crippen molar-refractivity contribution in [3.63, 3.8) is 0 Å². The number of amides is 2. The van der Waals surface area contributed by atoms with Gasteiger partial charge in [-0.1, -0.05) is 78.3 Å². The maximum absolute atomic E-state index is 13.9. The number of carbonyl (C=O) groups excluding carboxylic acids is 2. The molecule has 4 aromatic carbocycles. The van der Waals surface area contributed by atoms with Gasteiger partial charge in [-0.2, -0.15) is 4.72 Å². The van der Waals surface area contributed by atoms with Gasteiger partial charge in [0, 0.05) is 24.5 Å². The van der Waals surface area contributed by atoms with Crippen LogP contribution in [0.1, 0.15) is 29.2 Å². The fourth-order valence-electron chi connectivity index (χ4n) is 4.62. The first kappa shape index (κ1) is 33.7. The van der Waals surface area contributed by atoms with Crippen LogP contribution in [0.15, 0.2) is 108 Å². The quantitative estimate of drug-likeness (QED) is 0.153. The van der Waals surface area contributed by atoms with Gasteiger partial charge in [0.2, 0.25) is 21.8 Å². The molecule has 0 aliphatic heterocycles. The second-order valence-corrected chi connectivity index (χ2v) is 12.5. The molecule has 45 heavy (non-hydrogen) atoms. The van der Waals surface area contributed by atoms with E-state index in [1.165, 1.54) is 24.3 Å². The molecular weight excluding hydrogens is 612 g/mol. The minimum absolute atomic E-state index is 0.0260. The van der Waals surface area contributed by atoms with Crippen LogP contribution in [0.25, 0.3) is 0 Å². The Morgan fingerprint density at radius 3 is 1.96 bits per heavy atom. The smallest absolute Gasteiger partial charge is 0.243 e. The molecule has 11 heteroatoms. The van der Waals surface area contributed by atoms with Crippen molar-refractivity contribution in [2.24, 2.45) is 5.73 Å². The Morgan fingerprint density at radius 2 is 1.33 bits per heavy atom. The van der Waals surface area contributed by atoms with E-state index in [0.717, 1.165) is 16.7 Å². The summed E-state index contributed by atoms with van der Waals surface area (Å²) in [5.74, 6) is -0.401. The van der Waals surface area contributed by atoms with Gasteiger partial charge in [0.15, 0.2) is 0 Å². The van der Waals surface area contributed by atoms with E-state index in [4.69, 9.17) is 22.1 Å². The number of nitrogens with two attached hydrogens (primary N) is 1. The summed E-state index contributed by atoms with van der Waals surface area (Å²) in [4.78, 5) is 27.3. The third-order valence-electron chi connectivity index (χ3n) is 7.05. The monoisotopic (exact) mass is 648 g/mol. The molecule has 0 fully saturated rings. The minimum atomic E-state index is -4.13. The highest BCUT2D eigenvalue weighted by Gasteiger charge is 2.30. The molecule has 0 radical (unpaired) electrons. The van der Waals surface area contributed by atoms with Crippen molar-refractivity contribution in [2.75, 3.05) is 6.61 Å². The normalized spacial score (nSPS) is 12.6. The van der Waals surface area contributed by atoms with Crippen LogP contribution >= 0.6 is 11.6 Å². The first-order chi connectivity index (χ1) is 21.7. The van der Waals surface area contributed by atoms with Gasteiger partial charge in [-0.3, -0.25) is 9.59 Å². The van der Waals surface area contributed by atoms with Crippen molar-refractivity contribution >= 4 is 33.4 Å². The zero-order valence-corrected chi connectivity index (χ0v) is 26.5. The average Bonchev–Trinajstić information content (AvgIpc) is 3.05. The third kappa shape index (κ3) is 10.2. The number of ether oxygens (including phenoxy) is 1. The number of carbonyl (C=O) groups is 2. The highest BCUT2D eigenvalue weighted by molar-refractivity contribution is 7.89. The Balaban J connectivity index is 1.57. The lowest BCUT2D eigenvalue weighted by atomic mass is 10.0. The molecule has 0 spiro atoms. The van der Waals surface area contributed by atoms with Crippen molar-refractivity contribution in [3.05, 3.63) is 130 Å². The molecule has 2 atom stereocenters. The van der Waals surface area contributed by atoms with E-state index >= 15 is 0 Å². The number of sulfonamides is 1. The Bertz CT molecular complexity index is 1650. The SMILES string of the molecule is CCOc1ccc(CC(NS(=O)(=O)c2ccc(Cl)cc2)C(=O)N[C@@H](Cc2ccccc2)C(=O)NCc2ccc(CN)cc2)cc1. The van der Waals surface area contributed by atoms with Crippen LogP contribution in [0.2, 0.25) is 5.02 Å². The third-order valence-corrected chi connectivity index (χ3v) is 8.79. The highest BCUT2D eigenvalue weighted by atomic mass is 35.5. The zero-order chi connectivity index (χ0) is 32.2. The summed E-state index contributed by atoms with van der Waals surface area (Å²) in [5, 5.41) is 6.09. The van der Waals surface area contributed by atoms with Crippen LogP contribution in [-0.2, 0) is 45.5 Å². The Hall–Kier alpha value is -4.22. The van der Waals surface area contributed by atoms with Crippen molar-refractivity contribution in [3.8, 4) is 5.75 Å². The molecule has 0 bridgehead atoms. The van der Waals surface area contributed by atoms with E-state index in [1.54, 1.807) is 24.3 Å². The fourth-order valence-corrected chi connectivity index (χ4v) is 5.94. The minimum Gasteiger partial charge on any atom is -0.494 e. The Labute approximate surface area is 269 Å². The van der Waals surface area contributed by atoms with Gasteiger partial charge in [-0.15, -0.1) is 0 Å². The van der Waals surface area contributed by atoms with Gasteiger partial charge in [0.1, 0.15) is 17.8 Å². The summed E-state index contributed by atoms with van der Waals surface area (Å²) >= 11 is 5.96. The second-order valence-electron chi connectivity index (χ2n) is 10.4. The standard InChI is InChI=1S/C34H37ClN4O5S/c1-2-44-29-16-12-25(13-17-29)21-32(39-45(42,43)30-18-14-28(35)15-19-30)34(41)38-31(20-24-6-4-3-5-7-24)33(40)37-23-27-10-8-26(22-36)9-11-27/h3-19,31-32,39H,2,20-23,36H2,1H3,(H,37,40)(H,38,41)/t31-,32?/m0/s1. The number of hydrogen-bond donors (Lipinski definition) is 4. The number of hydrogen-bond acceptors (Lipinski definition) is 6. The Morgan fingerprint density at radius 1 is 0.756 bits per heavy atom. The van der Waals surface area contributed by atoms with Crippen LogP contribution in [0.3, 0.4) is 0 Å². The average molecular weight is 649 g/mol. The topological polar surface area (TPSA) is 140 Å². The molecule has 0 aliphatic carbocycles. The van der Waals surface area contributed by atoms with Crippen molar-refractivity contribution in [1.29, 1.82) is 0 Å². The molecule has 9 nitrogen and oxygen atoms in total. The molecular formula is C34H37ClN4O5S.